The summed E-state index contributed by atoms with van der Waals surface area (Å²) < 4.78 is 13.3. The van der Waals surface area contributed by atoms with Crippen LogP contribution in [-0.2, 0) is 0 Å². The summed E-state index contributed by atoms with van der Waals surface area (Å²) in [4.78, 5) is 1.04. The van der Waals surface area contributed by atoms with Gasteiger partial charge in [0.05, 0.1) is 0 Å². The van der Waals surface area contributed by atoms with Crippen LogP contribution in [-0.4, -0.2) is 18.3 Å². The van der Waals surface area contributed by atoms with Gasteiger partial charge in [-0.05, 0) is 55.8 Å². The van der Waals surface area contributed by atoms with Crippen LogP contribution in [0.5, 0.6) is 0 Å². The average molecular weight is 309 g/mol. The molecule has 3 heteroatoms. The van der Waals surface area contributed by atoms with Crippen molar-refractivity contribution in [2.45, 2.75) is 56.9 Å². The molecule has 21 heavy (non-hydrogen) atoms. The third-order valence-electron chi connectivity index (χ3n) is 4.43. The molecule has 0 saturated heterocycles. The highest BCUT2D eigenvalue weighted by molar-refractivity contribution is 7.99. The second-order valence-corrected chi connectivity index (χ2v) is 7.45. The Balaban J connectivity index is 1.92. The van der Waals surface area contributed by atoms with Crippen molar-refractivity contribution in [1.29, 1.82) is 0 Å². The van der Waals surface area contributed by atoms with Gasteiger partial charge >= 0.3 is 0 Å². The predicted molar refractivity (Wildman–Crippen MR) is 90.3 cm³/mol. The lowest BCUT2D eigenvalue weighted by atomic mass is 9.79. The fraction of sp³-hybridized carbons (Fsp3) is 0.667. The largest absolute Gasteiger partial charge is 0.313 e. The summed E-state index contributed by atoms with van der Waals surface area (Å²) in [7, 11) is 0. The van der Waals surface area contributed by atoms with Gasteiger partial charge in [-0.15, -0.1) is 11.8 Å². The van der Waals surface area contributed by atoms with Crippen molar-refractivity contribution in [3.63, 3.8) is 0 Å². The Kier molecular flexibility index (Phi) is 7.05. The molecule has 0 amide bonds. The minimum Gasteiger partial charge on any atom is -0.313 e. The fourth-order valence-electron chi connectivity index (χ4n) is 3.28. The molecule has 2 rings (SSSR count). The quantitative estimate of drug-likeness (QED) is 0.702. The molecule has 3 unspecified atom stereocenters. The zero-order valence-electron chi connectivity index (χ0n) is 13.3. The normalized spacial score (nSPS) is 24.0. The minimum absolute atomic E-state index is 0.135. The minimum atomic E-state index is -0.135. The van der Waals surface area contributed by atoms with Crippen molar-refractivity contribution in [2.24, 2.45) is 11.8 Å². The van der Waals surface area contributed by atoms with Gasteiger partial charge in [0, 0.05) is 16.7 Å². The van der Waals surface area contributed by atoms with Crippen LogP contribution >= 0.6 is 11.8 Å². The molecule has 0 radical (unpaired) electrons. The summed E-state index contributed by atoms with van der Waals surface area (Å²) in [5.74, 6) is 2.54. The average Bonchev–Trinajstić information content (AvgIpc) is 2.47. The topological polar surface area (TPSA) is 12.0 Å². The van der Waals surface area contributed by atoms with E-state index < -0.39 is 0 Å². The summed E-state index contributed by atoms with van der Waals surface area (Å²) in [6.07, 6.45) is 6.60. The Morgan fingerprint density at radius 2 is 2.24 bits per heavy atom. The van der Waals surface area contributed by atoms with Crippen LogP contribution in [0.15, 0.2) is 29.2 Å². The molecule has 1 aliphatic rings. The zero-order valence-corrected chi connectivity index (χ0v) is 14.1. The zero-order chi connectivity index (χ0) is 15.1. The lowest BCUT2D eigenvalue weighted by Gasteiger charge is -2.34. The molecule has 0 aliphatic heterocycles. The van der Waals surface area contributed by atoms with E-state index in [0.29, 0.717) is 6.04 Å². The monoisotopic (exact) mass is 309 g/mol. The van der Waals surface area contributed by atoms with Crippen LogP contribution in [0.1, 0.15) is 46.0 Å². The molecule has 0 heterocycles. The first-order chi connectivity index (χ1) is 10.2. The Labute approximate surface area is 133 Å². The molecule has 0 bridgehead atoms. The molecule has 1 nitrogen and oxygen atoms in total. The standard InChI is InChI=1S/C18H28FNS/c1-3-10-20-18(15-7-4-6-14(2)11-15)13-21-17-9-5-8-16(19)12-17/h5,8-9,12,14-15,18,20H,3-4,6-7,10-11,13H2,1-2H3. The number of hydrogen-bond acceptors (Lipinski definition) is 2. The number of halogens is 1. The first-order valence-corrected chi connectivity index (χ1v) is 9.29. The molecular formula is C18H28FNS. The van der Waals surface area contributed by atoms with Gasteiger partial charge in [-0.25, -0.2) is 4.39 Å². The predicted octanol–water partition coefficient (Wildman–Crippen LogP) is 5.11. The number of thioether (sulfide) groups is 1. The Morgan fingerprint density at radius 3 is 2.95 bits per heavy atom. The van der Waals surface area contributed by atoms with Crippen molar-refractivity contribution < 1.29 is 4.39 Å². The lowest BCUT2D eigenvalue weighted by molar-refractivity contribution is 0.234. The molecule has 1 aromatic rings. The van der Waals surface area contributed by atoms with E-state index >= 15 is 0 Å². The molecule has 1 aromatic carbocycles. The van der Waals surface area contributed by atoms with Gasteiger partial charge in [0.2, 0.25) is 0 Å². The van der Waals surface area contributed by atoms with E-state index in [4.69, 9.17) is 0 Å². The van der Waals surface area contributed by atoms with Crippen molar-refractivity contribution in [2.75, 3.05) is 12.3 Å². The molecular weight excluding hydrogens is 281 g/mol. The third kappa shape index (κ3) is 5.63. The van der Waals surface area contributed by atoms with Gasteiger partial charge in [0.1, 0.15) is 5.82 Å². The molecule has 0 spiro atoms. The fourth-order valence-corrected chi connectivity index (χ4v) is 4.41. The van der Waals surface area contributed by atoms with Gasteiger partial charge in [-0.3, -0.25) is 0 Å². The highest BCUT2D eigenvalue weighted by Crippen LogP contribution is 2.33. The Bertz CT molecular complexity index is 423. The first-order valence-electron chi connectivity index (χ1n) is 8.30. The molecule has 3 atom stereocenters. The summed E-state index contributed by atoms with van der Waals surface area (Å²) >= 11 is 1.79. The van der Waals surface area contributed by atoms with E-state index in [9.17, 15) is 4.39 Å². The van der Waals surface area contributed by atoms with Gasteiger partial charge in [0.25, 0.3) is 0 Å². The van der Waals surface area contributed by atoms with E-state index in [-0.39, 0.29) is 5.82 Å². The van der Waals surface area contributed by atoms with E-state index in [1.165, 1.54) is 38.2 Å². The van der Waals surface area contributed by atoms with Crippen molar-refractivity contribution in [1.82, 2.24) is 5.32 Å². The SMILES string of the molecule is CCCNC(CSc1cccc(F)c1)C1CCCC(C)C1. The summed E-state index contributed by atoms with van der Waals surface area (Å²) in [6, 6.07) is 7.52. The molecule has 1 aliphatic carbocycles. The highest BCUT2D eigenvalue weighted by Gasteiger charge is 2.26. The van der Waals surface area contributed by atoms with Gasteiger partial charge < -0.3 is 5.32 Å². The van der Waals surface area contributed by atoms with E-state index in [1.54, 1.807) is 23.9 Å². The molecule has 1 N–H and O–H groups in total. The summed E-state index contributed by atoms with van der Waals surface area (Å²) in [6.45, 7) is 5.68. The summed E-state index contributed by atoms with van der Waals surface area (Å²) in [5.41, 5.74) is 0. The highest BCUT2D eigenvalue weighted by atomic mass is 32.2. The smallest absolute Gasteiger partial charge is 0.124 e. The number of rotatable bonds is 7. The molecule has 118 valence electrons. The van der Waals surface area contributed by atoms with Gasteiger partial charge in [-0.1, -0.05) is 32.8 Å². The van der Waals surface area contributed by atoms with E-state index in [0.717, 1.165) is 29.0 Å². The maximum Gasteiger partial charge on any atom is 0.124 e. The number of benzene rings is 1. The van der Waals surface area contributed by atoms with Gasteiger partial charge in [-0.2, -0.15) is 0 Å². The number of nitrogens with one attached hydrogen (secondary N) is 1. The van der Waals surface area contributed by atoms with E-state index in [1.807, 2.05) is 6.07 Å². The van der Waals surface area contributed by atoms with Crippen LogP contribution in [0, 0.1) is 17.7 Å². The summed E-state index contributed by atoms with van der Waals surface area (Å²) in [5, 5.41) is 3.73. The van der Waals surface area contributed by atoms with Gasteiger partial charge in [0.15, 0.2) is 0 Å². The Hall–Kier alpha value is -0.540. The van der Waals surface area contributed by atoms with E-state index in [2.05, 4.69) is 19.2 Å². The first kappa shape index (κ1) is 16.8. The maximum atomic E-state index is 13.3. The van der Waals surface area contributed by atoms with Crippen molar-refractivity contribution in [3.8, 4) is 0 Å². The van der Waals surface area contributed by atoms with Crippen molar-refractivity contribution >= 4 is 11.8 Å². The van der Waals surface area contributed by atoms with Crippen LogP contribution in [0.3, 0.4) is 0 Å². The van der Waals surface area contributed by atoms with Crippen molar-refractivity contribution in [3.05, 3.63) is 30.1 Å². The Morgan fingerprint density at radius 1 is 1.38 bits per heavy atom. The lowest BCUT2D eigenvalue weighted by Crippen LogP contribution is -2.40. The maximum absolute atomic E-state index is 13.3. The van der Waals surface area contributed by atoms with Crippen LogP contribution in [0.25, 0.3) is 0 Å². The second-order valence-electron chi connectivity index (χ2n) is 6.36. The molecule has 1 saturated carbocycles. The number of hydrogen-bond donors (Lipinski definition) is 1. The molecule has 1 fully saturated rings. The van der Waals surface area contributed by atoms with Crippen LogP contribution in [0.2, 0.25) is 0 Å². The third-order valence-corrected chi connectivity index (χ3v) is 5.54. The van der Waals surface area contributed by atoms with Crippen LogP contribution < -0.4 is 5.32 Å². The molecule has 0 aromatic heterocycles. The van der Waals surface area contributed by atoms with Crippen LogP contribution in [0.4, 0.5) is 4.39 Å². The second kappa shape index (κ2) is 8.79.